The minimum Gasteiger partial charge on any atom is -0.319 e. The largest absolute Gasteiger partial charge is 0.319 e. The van der Waals surface area contributed by atoms with Crippen molar-refractivity contribution in [2.75, 3.05) is 0 Å². The highest BCUT2D eigenvalue weighted by Gasteiger charge is 2.43. The average Bonchev–Trinajstić information content (AvgIpc) is 3.31. The lowest BCUT2D eigenvalue weighted by Crippen LogP contribution is -2.20. The first kappa shape index (κ1) is 10.3. The van der Waals surface area contributed by atoms with Gasteiger partial charge >= 0.3 is 0 Å². The van der Waals surface area contributed by atoms with Gasteiger partial charge in [-0.05, 0) is 49.3 Å². The second-order valence-corrected chi connectivity index (χ2v) is 5.54. The van der Waals surface area contributed by atoms with E-state index in [1.54, 1.807) is 6.33 Å². The molecule has 2 aliphatic rings. The predicted octanol–water partition coefficient (Wildman–Crippen LogP) is 2.09. The summed E-state index contributed by atoms with van der Waals surface area (Å²) in [6.45, 7) is 0. The van der Waals surface area contributed by atoms with Crippen LogP contribution in [0.15, 0.2) is 30.6 Å². The zero-order valence-corrected chi connectivity index (χ0v) is 10.2. The molecule has 2 aromatic rings. The summed E-state index contributed by atoms with van der Waals surface area (Å²) in [5, 5.41) is 4.52. The summed E-state index contributed by atoms with van der Waals surface area (Å²) in [4.78, 5) is 4.34. The first-order chi connectivity index (χ1) is 8.74. The Morgan fingerprint density at radius 1 is 1.28 bits per heavy atom. The lowest BCUT2D eigenvalue weighted by molar-refractivity contribution is 0.665. The molecule has 0 spiro atoms. The third kappa shape index (κ3) is 1.64. The molecule has 92 valence electrons. The van der Waals surface area contributed by atoms with Gasteiger partial charge in [0.2, 0.25) is 0 Å². The van der Waals surface area contributed by atoms with E-state index in [0.717, 1.165) is 30.3 Å². The molecule has 1 aromatic carbocycles. The predicted molar refractivity (Wildman–Crippen MR) is 68.4 cm³/mol. The van der Waals surface area contributed by atoms with Gasteiger partial charge in [-0.1, -0.05) is 12.1 Å². The molecule has 4 heteroatoms. The van der Waals surface area contributed by atoms with Gasteiger partial charge in [0.1, 0.15) is 6.33 Å². The Balaban J connectivity index is 1.69. The van der Waals surface area contributed by atoms with E-state index in [1.807, 2.05) is 4.68 Å². The SMILES string of the molecule is NC1(c2ncn(-c3cccc(C4CC4)c3)n2)CC1. The lowest BCUT2D eigenvalue weighted by Gasteiger charge is -2.04. The molecule has 2 saturated carbocycles. The maximum Gasteiger partial charge on any atom is 0.170 e. The summed E-state index contributed by atoms with van der Waals surface area (Å²) in [6.07, 6.45) is 6.41. The number of hydrogen-bond donors (Lipinski definition) is 1. The fourth-order valence-electron chi connectivity index (χ4n) is 2.31. The summed E-state index contributed by atoms with van der Waals surface area (Å²) >= 11 is 0. The van der Waals surface area contributed by atoms with E-state index in [2.05, 4.69) is 34.3 Å². The zero-order chi connectivity index (χ0) is 12.2. The second kappa shape index (κ2) is 3.42. The van der Waals surface area contributed by atoms with E-state index in [-0.39, 0.29) is 5.54 Å². The highest BCUT2D eigenvalue weighted by atomic mass is 15.3. The molecular formula is C14H16N4. The molecule has 0 bridgehead atoms. The molecule has 4 rings (SSSR count). The molecule has 2 fully saturated rings. The van der Waals surface area contributed by atoms with Crippen molar-refractivity contribution in [1.29, 1.82) is 0 Å². The number of rotatable bonds is 3. The van der Waals surface area contributed by atoms with E-state index in [4.69, 9.17) is 5.73 Å². The van der Waals surface area contributed by atoms with Crippen LogP contribution < -0.4 is 5.73 Å². The molecule has 0 saturated heterocycles. The summed E-state index contributed by atoms with van der Waals surface area (Å²) in [7, 11) is 0. The Hall–Kier alpha value is -1.68. The standard InChI is InChI=1S/C14H16N4/c15-14(6-7-14)13-16-9-18(17-13)12-3-1-2-11(8-12)10-4-5-10/h1-3,8-10H,4-7,15H2. The highest BCUT2D eigenvalue weighted by molar-refractivity contribution is 5.38. The summed E-state index contributed by atoms with van der Waals surface area (Å²) < 4.78 is 1.84. The molecule has 0 aliphatic heterocycles. The Bertz CT molecular complexity index is 593. The number of benzene rings is 1. The van der Waals surface area contributed by atoms with Crippen molar-refractivity contribution in [3.05, 3.63) is 42.0 Å². The normalized spacial score (nSPS) is 20.9. The maximum absolute atomic E-state index is 6.11. The van der Waals surface area contributed by atoms with Gasteiger partial charge in [0, 0.05) is 0 Å². The second-order valence-electron chi connectivity index (χ2n) is 5.54. The van der Waals surface area contributed by atoms with Crippen LogP contribution in [0, 0.1) is 0 Å². The number of nitrogens with zero attached hydrogens (tertiary/aromatic N) is 3. The molecule has 0 amide bonds. The first-order valence-electron chi connectivity index (χ1n) is 6.56. The van der Waals surface area contributed by atoms with Gasteiger partial charge in [0.05, 0.1) is 11.2 Å². The summed E-state index contributed by atoms with van der Waals surface area (Å²) in [5.74, 6) is 1.54. The van der Waals surface area contributed by atoms with Crippen molar-refractivity contribution >= 4 is 0 Å². The molecule has 2 aliphatic carbocycles. The smallest absolute Gasteiger partial charge is 0.170 e. The number of hydrogen-bond acceptors (Lipinski definition) is 3. The van der Waals surface area contributed by atoms with Crippen molar-refractivity contribution in [3.63, 3.8) is 0 Å². The molecule has 4 nitrogen and oxygen atoms in total. The van der Waals surface area contributed by atoms with Crippen LogP contribution in [0.3, 0.4) is 0 Å². The van der Waals surface area contributed by atoms with Gasteiger partial charge in [-0.25, -0.2) is 9.67 Å². The topological polar surface area (TPSA) is 56.7 Å². The summed E-state index contributed by atoms with van der Waals surface area (Å²) in [6, 6.07) is 8.58. The Kier molecular flexibility index (Phi) is 1.95. The Labute approximate surface area is 106 Å². The van der Waals surface area contributed by atoms with Gasteiger partial charge in [0.15, 0.2) is 5.82 Å². The van der Waals surface area contributed by atoms with Crippen LogP contribution in [0.4, 0.5) is 0 Å². The minimum atomic E-state index is -0.251. The van der Waals surface area contributed by atoms with Gasteiger partial charge in [-0.3, -0.25) is 0 Å². The molecule has 0 unspecified atom stereocenters. The molecule has 2 N–H and O–H groups in total. The molecule has 1 heterocycles. The number of nitrogens with two attached hydrogens (primary N) is 1. The van der Waals surface area contributed by atoms with Gasteiger partial charge < -0.3 is 5.73 Å². The van der Waals surface area contributed by atoms with Crippen LogP contribution in [-0.4, -0.2) is 14.8 Å². The van der Waals surface area contributed by atoms with Gasteiger partial charge in [0.25, 0.3) is 0 Å². The van der Waals surface area contributed by atoms with E-state index in [9.17, 15) is 0 Å². The van der Waals surface area contributed by atoms with Crippen molar-refractivity contribution in [2.24, 2.45) is 5.73 Å². The van der Waals surface area contributed by atoms with E-state index in [0.29, 0.717) is 0 Å². The minimum absolute atomic E-state index is 0.251. The van der Waals surface area contributed by atoms with Crippen molar-refractivity contribution in [1.82, 2.24) is 14.8 Å². The van der Waals surface area contributed by atoms with Crippen LogP contribution >= 0.6 is 0 Å². The molecule has 18 heavy (non-hydrogen) atoms. The van der Waals surface area contributed by atoms with Gasteiger partial charge in [-0.15, -0.1) is 5.10 Å². The molecule has 0 atom stereocenters. The fraction of sp³-hybridized carbons (Fsp3) is 0.429. The van der Waals surface area contributed by atoms with E-state index < -0.39 is 0 Å². The average molecular weight is 240 g/mol. The van der Waals surface area contributed by atoms with Crippen LogP contribution in [0.25, 0.3) is 5.69 Å². The van der Waals surface area contributed by atoms with E-state index in [1.165, 1.54) is 18.4 Å². The zero-order valence-electron chi connectivity index (χ0n) is 10.2. The third-order valence-electron chi connectivity index (χ3n) is 3.91. The molecule has 0 radical (unpaired) electrons. The third-order valence-corrected chi connectivity index (χ3v) is 3.91. The monoisotopic (exact) mass is 240 g/mol. The lowest BCUT2D eigenvalue weighted by atomic mass is 10.1. The molecule has 1 aromatic heterocycles. The highest BCUT2D eigenvalue weighted by Crippen LogP contribution is 2.41. The maximum atomic E-state index is 6.11. The van der Waals surface area contributed by atoms with Crippen LogP contribution in [0.5, 0.6) is 0 Å². The first-order valence-corrected chi connectivity index (χ1v) is 6.56. The quantitative estimate of drug-likeness (QED) is 0.893. The van der Waals surface area contributed by atoms with E-state index >= 15 is 0 Å². The van der Waals surface area contributed by atoms with Crippen LogP contribution in [0.1, 0.15) is 43.0 Å². The van der Waals surface area contributed by atoms with Crippen LogP contribution in [-0.2, 0) is 5.54 Å². The van der Waals surface area contributed by atoms with Crippen molar-refractivity contribution in [3.8, 4) is 5.69 Å². The Morgan fingerprint density at radius 2 is 2.11 bits per heavy atom. The molecular weight excluding hydrogens is 224 g/mol. The number of aromatic nitrogens is 3. The Morgan fingerprint density at radius 3 is 2.83 bits per heavy atom. The summed E-state index contributed by atoms with van der Waals surface area (Å²) in [5.41, 5.74) is 8.36. The van der Waals surface area contributed by atoms with Crippen LogP contribution in [0.2, 0.25) is 0 Å². The van der Waals surface area contributed by atoms with Crippen molar-refractivity contribution in [2.45, 2.75) is 37.1 Å². The fourth-order valence-corrected chi connectivity index (χ4v) is 2.31. The van der Waals surface area contributed by atoms with Gasteiger partial charge in [-0.2, -0.15) is 0 Å². The van der Waals surface area contributed by atoms with Crippen molar-refractivity contribution < 1.29 is 0 Å².